The second kappa shape index (κ2) is 22.5. The van der Waals surface area contributed by atoms with Gasteiger partial charge in [-0.05, 0) is 167 Å². The van der Waals surface area contributed by atoms with Gasteiger partial charge in [0.15, 0.2) is 5.82 Å². The number of hydrogen-bond acceptors (Lipinski definition) is 5. The first-order valence-corrected chi connectivity index (χ1v) is 37.0. The maximum Gasteiger partial charge on any atom is 0.160 e. The summed E-state index contributed by atoms with van der Waals surface area (Å²) in [6, 6.07) is 123. The van der Waals surface area contributed by atoms with Gasteiger partial charge in [-0.15, -0.1) is 34.0 Å². The number of aromatic nitrogens is 5. The average Bonchev–Trinajstić information content (AvgIpc) is 1.58. The third-order valence-electron chi connectivity index (χ3n) is 21.1. The van der Waals surface area contributed by atoms with E-state index >= 15 is 0 Å². The van der Waals surface area contributed by atoms with Gasteiger partial charge in [-0.25, -0.2) is 9.97 Å². The minimum Gasteiger partial charge on any atom is -0.309 e. The topological polar surface area (TPSA) is 40.6 Å². The number of nitrogens with zero attached hydrogens (tertiary/aromatic N) is 5. The predicted octanol–water partition coefficient (Wildman–Crippen LogP) is 26.9. The van der Waals surface area contributed by atoms with Crippen LogP contribution in [0.4, 0.5) is 0 Å². The second-order valence-electron chi connectivity index (χ2n) is 26.8. The van der Waals surface area contributed by atoms with Crippen LogP contribution in [0.2, 0.25) is 0 Å². The van der Waals surface area contributed by atoms with Gasteiger partial charge in [0.1, 0.15) is 0 Å². The molecule has 474 valence electrons. The molecule has 15 aromatic carbocycles. The van der Waals surface area contributed by atoms with Gasteiger partial charge < -0.3 is 13.7 Å². The summed E-state index contributed by atoms with van der Waals surface area (Å²) in [7, 11) is 0. The van der Waals surface area contributed by atoms with E-state index in [1.54, 1.807) is 0 Å². The standard InChI is InChI=1S/C94H55N5S3/c1-7-25-82-68(19-1)77-49-57(60-33-41-74-71-22-4-10-28-88(71)100-91(74)52-60)36-44-85(77)97(82)65-39-31-56(32-40-65)80-55-81(63-15-13-17-66(47-63)98-83-26-8-2-20-69(83)78-50-58(37-45-86(78)98)61-34-42-75-72-23-5-11-29-89(72)101-92(75)53-61)96-94(95-80)64-16-14-18-67(48-64)99-84-27-9-3-21-70(84)79-51-59(38-46-87(79)99)62-35-43-76-73-24-6-12-30-90(73)102-93(76)54-62/h1-55H. The quantitative estimate of drug-likeness (QED) is 0.144. The molecule has 0 spiro atoms. The molecule has 0 N–H and O–H groups in total. The number of hydrogen-bond donors (Lipinski definition) is 0. The molecular formula is C94H55N5S3. The van der Waals surface area contributed by atoms with Gasteiger partial charge in [0, 0.05) is 127 Å². The van der Waals surface area contributed by atoms with E-state index in [1.807, 2.05) is 34.0 Å². The zero-order valence-electron chi connectivity index (χ0n) is 54.7. The molecule has 0 radical (unpaired) electrons. The highest BCUT2D eigenvalue weighted by Gasteiger charge is 2.21. The summed E-state index contributed by atoms with van der Waals surface area (Å²) >= 11 is 5.59. The van der Waals surface area contributed by atoms with Crippen LogP contribution in [0.25, 0.3) is 210 Å². The van der Waals surface area contributed by atoms with Crippen LogP contribution < -0.4 is 0 Å². The summed E-state index contributed by atoms with van der Waals surface area (Å²) in [5.74, 6) is 0.640. The fourth-order valence-corrected chi connectivity index (χ4v) is 19.7. The van der Waals surface area contributed by atoms with Crippen molar-refractivity contribution in [2.75, 3.05) is 0 Å². The molecule has 22 aromatic rings. The van der Waals surface area contributed by atoms with Crippen molar-refractivity contribution in [1.29, 1.82) is 0 Å². The molecular weight excluding hydrogens is 1300 g/mol. The van der Waals surface area contributed by atoms with Crippen LogP contribution in [0, 0.1) is 0 Å². The first-order chi connectivity index (χ1) is 50.5. The summed E-state index contributed by atoms with van der Waals surface area (Å²) in [6.45, 7) is 0. The molecule has 8 heteroatoms. The summed E-state index contributed by atoms with van der Waals surface area (Å²) < 4.78 is 15.1. The van der Waals surface area contributed by atoms with E-state index in [1.165, 1.54) is 126 Å². The lowest BCUT2D eigenvalue weighted by molar-refractivity contribution is 1.15. The minimum absolute atomic E-state index is 0.640. The minimum atomic E-state index is 0.640. The van der Waals surface area contributed by atoms with E-state index in [0.717, 1.165) is 78.2 Å². The third-order valence-corrected chi connectivity index (χ3v) is 24.5. The third kappa shape index (κ3) is 9.00. The van der Waals surface area contributed by atoms with E-state index in [-0.39, 0.29) is 0 Å². The van der Waals surface area contributed by atoms with Crippen molar-refractivity contribution >= 4 is 160 Å². The van der Waals surface area contributed by atoms with E-state index in [9.17, 15) is 0 Å². The maximum atomic E-state index is 5.60. The zero-order valence-corrected chi connectivity index (χ0v) is 57.2. The Morgan fingerprint density at radius 1 is 0.176 bits per heavy atom. The fraction of sp³-hybridized carbons (Fsp3) is 0. The highest BCUT2D eigenvalue weighted by molar-refractivity contribution is 7.26. The summed E-state index contributed by atoms with van der Waals surface area (Å²) in [6.07, 6.45) is 0. The smallest absolute Gasteiger partial charge is 0.160 e. The Hall–Kier alpha value is -12.6. The molecule has 0 aliphatic heterocycles. The van der Waals surface area contributed by atoms with Crippen LogP contribution in [0.5, 0.6) is 0 Å². The largest absolute Gasteiger partial charge is 0.309 e. The van der Waals surface area contributed by atoms with Crippen molar-refractivity contribution in [2.24, 2.45) is 0 Å². The van der Waals surface area contributed by atoms with E-state index in [4.69, 9.17) is 9.97 Å². The number of rotatable bonds is 9. The van der Waals surface area contributed by atoms with Gasteiger partial charge in [-0.3, -0.25) is 0 Å². The van der Waals surface area contributed by atoms with E-state index in [2.05, 4.69) is 347 Å². The Bertz CT molecular complexity index is 6980. The van der Waals surface area contributed by atoms with Gasteiger partial charge in [0.25, 0.3) is 0 Å². The Labute approximate surface area is 597 Å². The van der Waals surface area contributed by atoms with Crippen LogP contribution >= 0.6 is 34.0 Å². The van der Waals surface area contributed by atoms with Crippen molar-refractivity contribution in [3.63, 3.8) is 0 Å². The van der Waals surface area contributed by atoms with Crippen LogP contribution in [0.1, 0.15) is 0 Å². The summed E-state index contributed by atoms with van der Waals surface area (Å²) in [4.78, 5) is 11.2. The van der Waals surface area contributed by atoms with Crippen molar-refractivity contribution < 1.29 is 0 Å². The molecule has 0 bridgehead atoms. The van der Waals surface area contributed by atoms with Crippen molar-refractivity contribution in [2.45, 2.75) is 0 Å². The number of thiophene rings is 3. The summed E-state index contributed by atoms with van der Waals surface area (Å²) in [5.41, 5.74) is 21.8. The predicted molar refractivity (Wildman–Crippen MR) is 436 cm³/mol. The number of benzene rings is 15. The molecule has 0 saturated carbocycles. The van der Waals surface area contributed by atoms with Crippen LogP contribution in [0.3, 0.4) is 0 Å². The molecule has 5 nitrogen and oxygen atoms in total. The van der Waals surface area contributed by atoms with Crippen LogP contribution in [0.15, 0.2) is 334 Å². The first-order valence-electron chi connectivity index (χ1n) is 34.6. The van der Waals surface area contributed by atoms with E-state index < -0.39 is 0 Å². The van der Waals surface area contributed by atoms with Gasteiger partial charge in [0.2, 0.25) is 0 Å². The van der Waals surface area contributed by atoms with E-state index in [0.29, 0.717) is 5.82 Å². The molecule has 102 heavy (non-hydrogen) atoms. The molecule has 7 heterocycles. The van der Waals surface area contributed by atoms with Crippen LogP contribution in [-0.4, -0.2) is 23.7 Å². The lowest BCUT2D eigenvalue weighted by Crippen LogP contribution is -1.99. The van der Waals surface area contributed by atoms with Gasteiger partial charge in [0.05, 0.1) is 44.5 Å². The lowest BCUT2D eigenvalue weighted by Gasteiger charge is -2.14. The monoisotopic (exact) mass is 1350 g/mol. The molecule has 0 fully saturated rings. The molecule has 7 aromatic heterocycles. The lowest BCUT2D eigenvalue weighted by atomic mass is 10.0. The molecule has 22 rings (SSSR count). The highest BCUT2D eigenvalue weighted by Crippen LogP contribution is 2.45. The Morgan fingerprint density at radius 2 is 0.490 bits per heavy atom. The van der Waals surface area contributed by atoms with Gasteiger partial charge >= 0.3 is 0 Å². The molecule has 0 atom stereocenters. The van der Waals surface area contributed by atoms with Crippen molar-refractivity contribution in [1.82, 2.24) is 23.7 Å². The SMILES string of the molecule is c1cc(-c2cc(-c3ccc(-n4c5ccccc5c5cc(-c6ccc7c(c6)sc6ccccc67)ccc54)cc3)nc(-c3cccc(-n4c5ccccc5c5cc(-c6ccc7c(c6)sc6ccccc67)ccc54)c3)n2)cc(-n2c3ccccc3c3cc(-c4ccc5c(c4)sc4ccccc45)ccc32)c1. The van der Waals surface area contributed by atoms with Crippen LogP contribution in [-0.2, 0) is 0 Å². The number of para-hydroxylation sites is 3. The molecule has 0 unspecified atom stereocenters. The Kier molecular flexibility index (Phi) is 12.6. The van der Waals surface area contributed by atoms with Gasteiger partial charge in [-0.1, -0.05) is 200 Å². The normalized spacial score (nSPS) is 12.1. The van der Waals surface area contributed by atoms with Gasteiger partial charge in [-0.2, -0.15) is 0 Å². The maximum absolute atomic E-state index is 5.60. The molecule has 0 aliphatic rings. The Balaban J connectivity index is 0.668. The first kappa shape index (κ1) is 57.4. The summed E-state index contributed by atoms with van der Waals surface area (Å²) in [5, 5.41) is 15.1. The molecule has 0 saturated heterocycles. The highest BCUT2D eigenvalue weighted by atomic mass is 32.1. The zero-order chi connectivity index (χ0) is 66.7. The fourth-order valence-electron chi connectivity index (χ4n) is 16.3. The molecule has 0 aliphatic carbocycles. The number of fused-ring (bicyclic) bond motifs is 18. The average molecular weight is 1350 g/mol. The molecule has 0 amide bonds. The van der Waals surface area contributed by atoms with Crippen molar-refractivity contribution in [3.8, 4) is 84.3 Å². The second-order valence-corrected chi connectivity index (χ2v) is 30.0. The Morgan fingerprint density at radius 3 is 0.922 bits per heavy atom. The van der Waals surface area contributed by atoms with Crippen molar-refractivity contribution in [3.05, 3.63) is 334 Å².